The van der Waals surface area contributed by atoms with Crippen molar-refractivity contribution < 1.29 is 28.2 Å². The van der Waals surface area contributed by atoms with E-state index in [4.69, 9.17) is 9.84 Å². The number of carboxylic acids is 1. The Morgan fingerprint density at radius 3 is 2.60 bits per heavy atom. The van der Waals surface area contributed by atoms with Gasteiger partial charge in [0.25, 0.3) is 0 Å². The highest BCUT2D eigenvalue weighted by molar-refractivity contribution is 7.99. The van der Waals surface area contributed by atoms with Crippen LogP contribution in [-0.4, -0.2) is 30.0 Å². The maximum atomic E-state index is 12.2. The summed E-state index contributed by atoms with van der Waals surface area (Å²) in [7, 11) is 1.36. The molecule has 0 saturated heterocycles. The number of carboxylic acid groups (broad SMARTS) is 1. The zero-order chi connectivity index (χ0) is 15.1. The predicted octanol–water partition coefficient (Wildman–Crippen LogP) is 3.39. The number of ether oxygens (including phenoxy) is 2. The average molecular weight is 306 g/mol. The molecule has 0 bridgehead atoms. The maximum absolute atomic E-state index is 12.2. The molecule has 0 aromatic heterocycles. The molecule has 1 atom stereocenters. The molecule has 0 radical (unpaired) electrons. The van der Waals surface area contributed by atoms with Gasteiger partial charge in [-0.15, -0.1) is 11.8 Å². The van der Waals surface area contributed by atoms with Crippen LogP contribution in [0.15, 0.2) is 18.2 Å². The van der Waals surface area contributed by atoms with Crippen LogP contribution in [0, 0.1) is 0 Å². The lowest BCUT2D eigenvalue weighted by molar-refractivity contribution is -0.136. The van der Waals surface area contributed by atoms with Gasteiger partial charge in [0.15, 0.2) is 11.5 Å². The first-order chi connectivity index (χ1) is 9.47. The van der Waals surface area contributed by atoms with E-state index in [1.807, 2.05) is 0 Å². The molecule has 0 aliphatic rings. The fourth-order valence-corrected chi connectivity index (χ4v) is 2.51. The van der Waals surface area contributed by atoms with E-state index in [2.05, 4.69) is 4.74 Å². The fourth-order valence-electron chi connectivity index (χ4n) is 1.56. The first-order valence-electron chi connectivity index (χ1n) is 5.94. The summed E-state index contributed by atoms with van der Waals surface area (Å²) in [5, 5.41) is 8.46. The second kappa shape index (κ2) is 7.94. The average Bonchev–Trinajstić information content (AvgIpc) is 2.39. The summed E-state index contributed by atoms with van der Waals surface area (Å²) in [6.45, 7) is -1.12. The molecule has 7 heteroatoms. The van der Waals surface area contributed by atoms with Crippen molar-refractivity contribution in [1.29, 1.82) is 0 Å². The molecule has 0 aliphatic carbocycles. The molecule has 1 aromatic carbocycles. The second-order valence-electron chi connectivity index (χ2n) is 3.91. The Morgan fingerprint density at radius 2 is 2.10 bits per heavy atom. The smallest absolute Gasteiger partial charge is 0.387 e. The van der Waals surface area contributed by atoms with E-state index in [-0.39, 0.29) is 11.5 Å². The van der Waals surface area contributed by atoms with Crippen LogP contribution in [0.25, 0.3) is 0 Å². The van der Waals surface area contributed by atoms with Gasteiger partial charge in [0.05, 0.1) is 7.11 Å². The predicted molar refractivity (Wildman–Crippen MR) is 72.6 cm³/mol. The molecule has 1 N–H and O–H groups in total. The third-order valence-corrected chi connectivity index (χ3v) is 3.98. The van der Waals surface area contributed by atoms with Gasteiger partial charge in [-0.3, -0.25) is 4.79 Å². The molecule has 0 spiro atoms. The molecule has 112 valence electrons. The van der Waals surface area contributed by atoms with E-state index in [1.165, 1.54) is 24.9 Å². The van der Waals surface area contributed by atoms with Crippen LogP contribution >= 0.6 is 11.8 Å². The summed E-state index contributed by atoms with van der Waals surface area (Å²) in [4.78, 5) is 10.9. The second-order valence-corrected chi connectivity index (χ2v) is 5.10. The molecule has 0 aliphatic heterocycles. The molecule has 20 heavy (non-hydrogen) atoms. The molecule has 0 heterocycles. The first-order valence-corrected chi connectivity index (χ1v) is 6.99. The molecule has 0 fully saturated rings. The lowest BCUT2D eigenvalue weighted by Gasteiger charge is -2.13. The quantitative estimate of drug-likeness (QED) is 0.798. The van der Waals surface area contributed by atoms with Crippen molar-refractivity contribution in [3.05, 3.63) is 23.8 Å². The number of halogens is 2. The van der Waals surface area contributed by atoms with Crippen molar-refractivity contribution in [3.63, 3.8) is 0 Å². The fraction of sp³-hybridized carbons (Fsp3) is 0.462. The van der Waals surface area contributed by atoms with Crippen LogP contribution in [-0.2, 0) is 10.5 Å². The highest BCUT2D eigenvalue weighted by atomic mass is 32.2. The van der Waals surface area contributed by atoms with Gasteiger partial charge in [0, 0.05) is 5.75 Å². The normalized spacial score (nSPS) is 12.2. The molecule has 0 saturated carbocycles. The Kier molecular flexibility index (Phi) is 6.57. The summed E-state index contributed by atoms with van der Waals surface area (Å²) >= 11 is 1.28. The van der Waals surface area contributed by atoms with Gasteiger partial charge in [-0.05, 0) is 24.1 Å². The minimum atomic E-state index is -2.92. The van der Waals surface area contributed by atoms with E-state index >= 15 is 0 Å². The van der Waals surface area contributed by atoms with Crippen molar-refractivity contribution in [3.8, 4) is 11.5 Å². The van der Waals surface area contributed by atoms with Crippen LogP contribution in [0.4, 0.5) is 8.78 Å². The molecule has 0 amide bonds. The standard InChI is InChI=1S/C13H16F2O4S/c1-3-11(12(16)17)20-7-8-4-5-9(19-13(14)15)10(6-8)18-2/h4-6,11,13H,3,7H2,1-2H3,(H,16,17). The van der Waals surface area contributed by atoms with Gasteiger partial charge in [-0.25, -0.2) is 0 Å². The van der Waals surface area contributed by atoms with Crippen molar-refractivity contribution in [2.45, 2.75) is 31.0 Å². The van der Waals surface area contributed by atoms with Gasteiger partial charge >= 0.3 is 12.6 Å². The van der Waals surface area contributed by atoms with Gasteiger partial charge in [0.1, 0.15) is 5.25 Å². The number of methoxy groups -OCH3 is 1. The number of hydrogen-bond acceptors (Lipinski definition) is 4. The third kappa shape index (κ3) is 4.88. The highest BCUT2D eigenvalue weighted by Crippen LogP contribution is 2.31. The monoisotopic (exact) mass is 306 g/mol. The third-order valence-electron chi connectivity index (χ3n) is 2.54. The molecular weight excluding hydrogens is 290 g/mol. The molecule has 1 aromatic rings. The van der Waals surface area contributed by atoms with E-state index in [0.29, 0.717) is 12.2 Å². The largest absolute Gasteiger partial charge is 0.493 e. The van der Waals surface area contributed by atoms with E-state index in [9.17, 15) is 13.6 Å². The van der Waals surface area contributed by atoms with E-state index < -0.39 is 17.8 Å². The summed E-state index contributed by atoms with van der Waals surface area (Å²) in [6, 6.07) is 4.57. The van der Waals surface area contributed by atoms with Gasteiger partial charge in [-0.1, -0.05) is 13.0 Å². The van der Waals surface area contributed by atoms with E-state index in [0.717, 1.165) is 5.56 Å². The van der Waals surface area contributed by atoms with Gasteiger partial charge in [-0.2, -0.15) is 8.78 Å². The van der Waals surface area contributed by atoms with Crippen LogP contribution in [0.5, 0.6) is 11.5 Å². The summed E-state index contributed by atoms with van der Waals surface area (Å²) in [5.74, 6) is -0.244. The number of aliphatic carboxylic acids is 1. The Balaban J connectivity index is 2.75. The van der Waals surface area contributed by atoms with Gasteiger partial charge in [0.2, 0.25) is 0 Å². The van der Waals surface area contributed by atoms with Crippen molar-refractivity contribution in [2.75, 3.05) is 7.11 Å². The zero-order valence-corrected chi connectivity index (χ0v) is 12.0. The first kappa shape index (κ1) is 16.6. The topological polar surface area (TPSA) is 55.8 Å². The lowest BCUT2D eigenvalue weighted by Crippen LogP contribution is -2.15. The number of rotatable bonds is 8. The number of benzene rings is 1. The Hall–Kier alpha value is -1.50. The highest BCUT2D eigenvalue weighted by Gasteiger charge is 2.16. The lowest BCUT2D eigenvalue weighted by atomic mass is 10.2. The summed E-state index contributed by atoms with van der Waals surface area (Å²) in [5.41, 5.74) is 0.785. The van der Waals surface area contributed by atoms with Crippen LogP contribution < -0.4 is 9.47 Å². The molecule has 1 rings (SSSR count). The molecular formula is C13H16F2O4S. The van der Waals surface area contributed by atoms with Crippen molar-refractivity contribution >= 4 is 17.7 Å². The Morgan fingerprint density at radius 1 is 1.40 bits per heavy atom. The van der Waals surface area contributed by atoms with Crippen molar-refractivity contribution in [1.82, 2.24) is 0 Å². The van der Waals surface area contributed by atoms with Crippen LogP contribution in [0.3, 0.4) is 0 Å². The molecule has 4 nitrogen and oxygen atoms in total. The zero-order valence-electron chi connectivity index (χ0n) is 11.1. The minimum absolute atomic E-state index is 0.0403. The van der Waals surface area contributed by atoms with Gasteiger partial charge < -0.3 is 14.6 Å². The van der Waals surface area contributed by atoms with Crippen LogP contribution in [0.2, 0.25) is 0 Å². The summed E-state index contributed by atoms with van der Waals surface area (Å²) in [6.07, 6.45) is 0.518. The van der Waals surface area contributed by atoms with Crippen LogP contribution in [0.1, 0.15) is 18.9 Å². The number of alkyl halides is 2. The van der Waals surface area contributed by atoms with E-state index in [1.54, 1.807) is 19.1 Å². The molecule has 1 unspecified atom stereocenters. The number of hydrogen-bond donors (Lipinski definition) is 1. The number of carbonyl (C=O) groups is 1. The SMILES string of the molecule is CCC(SCc1ccc(OC(F)F)c(OC)c1)C(=O)O. The Bertz CT molecular complexity index is 454. The maximum Gasteiger partial charge on any atom is 0.387 e. The minimum Gasteiger partial charge on any atom is -0.493 e. The van der Waals surface area contributed by atoms with Crippen molar-refractivity contribution in [2.24, 2.45) is 0 Å². The summed E-state index contributed by atoms with van der Waals surface area (Å²) < 4.78 is 33.7. The Labute approximate surface area is 120 Å². The number of thioether (sulfide) groups is 1.